The first-order chi connectivity index (χ1) is 8.54. The fourth-order valence-electron chi connectivity index (χ4n) is 1.60. The lowest BCUT2D eigenvalue weighted by molar-refractivity contribution is -0.116. The molecule has 1 amide bonds. The maximum atomic E-state index is 12.9. The van der Waals surface area contributed by atoms with Crippen LogP contribution in [0.4, 0.5) is 15.9 Å². The minimum Gasteiger partial charge on any atom is -0.382 e. The Morgan fingerprint density at radius 3 is 2.89 bits per heavy atom. The number of anilines is 2. The van der Waals surface area contributed by atoms with Crippen LogP contribution in [-0.4, -0.2) is 15.7 Å². The van der Waals surface area contributed by atoms with Gasteiger partial charge in [0, 0.05) is 17.4 Å². The largest absolute Gasteiger partial charge is 0.382 e. The van der Waals surface area contributed by atoms with Crippen LogP contribution in [0.1, 0.15) is 5.69 Å². The van der Waals surface area contributed by atoms with Crippen molar-refractivity contribution in [3.8, 4) is 0 Å². The molecule has 0 aliphatic rings. The summed E-state index contributed by atoms with van der Waals surface area (Å²) in [5.41, 5.74) is 6.72. The van der Waals surface area contributed by atoms with Crippen molar-refractivity contribution in [3.63, 3.8) is 0 Å². The number of nitrogens with zero attached hydrogens (tertiary/aromatic N) is 2. The van der Waals surface area contributed by atoms with Crippen LogP contribution in [0.5, 0.6) is 0 Å². The number of nitrogen functional groups attached to an aromatic ring is 1. The molecule has 5 nitrogen and oxygen atoms in total. The fraction of sp³-hybridized carbons (Fsp3) is 0.167. The van der Waals surface area contributed by atoms with Crippen molar-refractivity contribution < 1.29 is 9.18 Å². The molecule has 0 saturated heterocycles. The van der Waals surface area contributed by atoms with Gasteiger partial charge in [-0.3, -0.25) is 9.48 Å². The van der Waals surface area contributed by atoms with Gasteiger partial charge in [0.25, 0.3) is 0 Å². The molecule has 0 aliphatic carbocycles. The third-order valence-corrected chi connectivity index (χ3v) is 2.40. The minimum atomic E-state index is -0.396. The molecule has 0 spiro atoms. The highest BCUT2D eigenvalue weighted by Gasteiger charge is 2.07. The van der Waals surface area contributed by atoms with Gasteiger partial charge in [-0.2, -0.15) is 5.10 Å². The maximum Gasteiger partial charge on any atom is 0.246 e. The second-order valence-electron chi connectivity index (χ2n) is 3.93. The van der Waals surface area contributed by atoms with Crippen LogP contribution in [0.3, 0.4) is 0 Å². The number of carbonyl (C=O) groups excluding carboxylic acids is 1. The number of benzene rings is 1. The average Bonchev–Trinajstić information content (AvgIpc) is 2.57. The van der Waals surface area contributed by atoms with E-state index < -0.39 is 5.82 Å². The van der Waals surface area contributed by atoms with E-state index in [0.717, 1.165) is 5.69 Å². The number of aryl methyl sites for hydroxylation is 1. The molecule has 2 aromatic rings. The molecule has 0 unspecified atom stereocenters. The Morgan fingerprint density at radius 1 is 1.50 bits per heavy atom. The molecule has 0 aliphatic heterocycles. The quantitative estimate of drug-likeness (QED) is 0.865. The van der Waals surface area contributed by atoms with E-state index in [1.54, 1.807) is 19.1 Å². The maximum absolute atomic E-state index is 12.9. The molecular weight excluding hydrogens is 235 g/mol. The van der Waals surface area contributed by atoms with E-state index in [1.165, 1.54) is 22.9 Å². The third kappa shape index (κ3) is 2.85. The van der Waals surface area contributed by atoms with E-state index in [-0.39, 0.29) is 12.5 Å². The molecule has 0 bridgehead atoms. The monoisotopic (exact) mass is 248 g/mol. The van der Waals surface area contributed by atoms with Crippen molar-refractivity contribution in [2.45, 2.75) is 13.5 Å². The summed E-state index contributed by atoms with van der Waals surface area (Å²) in [5.74, 6) is -0.315. The first kappa shape index (κ1) is 12.1. The highest BCUT2D eigenvalue weighted by molar-refractivity contribution is 5.90. The number of amides is 1. The van der Waals surface area contributed by atoms with Crippen LogP contribution in [0, 0.1) is 12.7 Å². The van der Waals surface area contributed by atoms with Gasteiger partial charge in [-0.1, -0.05) is 6.07 Å². The number of aromatic nitrogens is 2. The van der Waals surface area contributed by atoms with E-state index in [4.69, 9.17) is 5.73 Å². The second kappa shape index (κ2) is 4.87. The second-order valence-corrected chi connectivity index (χ2v) is 3.93. The Bertz CT molecular complexity index is 579. The number of nitrogens with two attached hydrogens (primary N) is 1. The van der Waals surface area contributed by atoms with Gasteiger partial charge in [-0.05, 0) is 25.1 Å². The summed E-state index contributed by atoms with van der Waals surface area (Å²) in [4.78, 5) is 11.7. The van der Waals surface area contributed by atoms with Gasteiger partial charge in [-0.15, -0.1) is 0 Å². The van der Waals surface area contributed by atoms with Gasteiger partial charge >= 0.3 is 0 Å². The summed E-state index contributed by atoms with van der Waals surface area (Å²) in [5, 5.41) is 6.56. The molecule has 3 N–H and O–H groups in total. The molecule has 94 valence electrons. The zero-order valence-electron chi connectivity index (χ0n) is 9.85. The molecule has 0 radical (unpaired) electrons. The molecule has 1 aromatic heterocycles. The van der Waals surface area contributed by atoms with E-state index >= 15 is 0 Å². The summed E-state index contributed by atoms with van der Waals surface area (Å²) in [6.45, 7) is 1.85. The summed E-state index contributed by atoms with van der Waals surface area (Å²) in [6, 6.07) is 7.39. The van der Waals surface area contributed by atoms with Crippen LogP contribution < -0.4 is 11.1 Å². The van der Waals surface area contributed by atoms with Crippen molar-refractivity contribution in [1.29, 1.82) is 0 Å². The zero-order valence-corrected chi connectivity index (χ0v) is 9.85. The van der Waals surface area contributed by atoms with E-state index in [2.05, 4.69) is 10.4 Å². The predicted molar refractivity (Wildman–Crippen MR) is 66.4 cm³/mol. The number of carbonyl (C=O) groups is 1. The van der Waals surface area contributed by atoms with Crippen molar-refractivity contribution in [1.82, 2.24) is 9.78 Å². The summed E-state index contributed by atoms with van der Waals surface area (Å²) in [6.07, 6.45) is 0. The van der Waals surface area contributed by atoms with Crippen molar-refractivity contribution in [2.24, 2.45) is 0 Å². The van der Waals surface area contributed by atoms with E-state index in [1.807, 2.05) is 0 Å². The van der Waals surface area contributed by atoms with Crippen LogP contribution >= 0.6 is 0 Å². The SMILES string of the molecule is Cc1cc(N)nn1CC(=O)Nc1cccc(F)c1. The molecule has 0 saturated carbocycles. The first-order valence-electron chi connectivity index (χ1n) is 5.40. The summed E-state index contributed by atoms with van der Waals surface area (Å²) in [7, 11) is 0. The van der Waals surface area contributed by atoms with Crippen LogP contribution in [0.15, 0.2) is 30.3 Å². The molecule has 2 rings (SSSR count). The van der Waals surface area contributed by atoms with Crippen molar-refractivity contribution >= 4 is 17.4 Å². The molecule has 1 aromatic carbocycles. The lowest BCUT2D eigenvalue weighted by Crippen LogP contribution is -2.20. The minimum absolute atomic E-state index is 0.0412. The zero-order chi connectivity index (χ0) is 13.1. The molecule has 1 heterocycles. The van der Waals surface area contributed by atoms with E-state index in [0.29, 0.717) is 11.5 Å². The Balaban J connectivity index is 2.03. The van der Waals surface area contributed by atoms with Crippen LogP contribution in [-0.2, 0) is 11.3 Å². The average molecular weight is 248 g/mol. The Labute approximate surface area is 103 Å². The number of rotatable bonds is 3. The van der Waals surface area contributed by atoms with Gasteiger partial charge < -0.3 is 11.1 Å². The third-order valence-electron chi connectivity index (χ3n) is 2.40. The lowest BCUT2D eigenvalue weighted by atomic mass is 10.3. The fourth-order valence-corrected chi connectivity index (χ4v) is 1.60. The van der Waals surface area contributed by atoms with Gasteiger partial charge in [0.1, 0.15) is 18.2 Å². The predicted octanol–water partition coefficient (Wildman–Crippen LogP) is 1.55. The smallest absolute Gasteiger partial charge is 0.246 e. The van der Waals surface area contributed by atoms with Gasteiger partial charge in [-0.25, -0.2) is 4.39 Å². The van der Waals surface area contributed by atoms with Crippen molar-refractivity contribution in [2.75, 3.05) is 11.1 Å². The number of hydrogen-bond acceptors (Lipinski definition) is 3. The van der Waals surface area contributed by atoms with E-state index in [9.17, 15) is 9.18 Å². The van der Waals surface area contributed by atoms with Gasteiger partial charge in [0.05, 0.1) is 0 Å². The molecular formula is C12H13FN4O. The first-order valence-corrected chi connectivity index (χ1v) is 5.40. The molecule has 6 heteroatoms. The number of nitrogens with one attached hydrogen (secondary N) is 1. The van der Waals surface area contributed by atoms with Gasteiger partial charge in [0.15, 0.2) is 0 Å². The molecule has 0 fully saturated rings. The summed E-state index contributed by atoms with van der Waals surface area (Å²) >= 11 is 0. The number of halogens is 1. The Hall–Kier alpha value is -2.37. The van der Waals surface area contributed by atoms with Crippen LogP contribution in [0.25, 0.3) is 0 Å². The number of hydrogen-bond donors (Lipinski definition) is 2. The molecule has 0 atom stereocenters. The van der Waals surface area contributed by atoms with Crippen LogP contribution in [0.2, 0.25) is 0 Å². The Morgan fingerprint density at radius 2 is 2.28 bits per heavy atom. The lowest BCUT2D eigenvalue weighted by Gasteiger charge is -2.06. The highest BCUT2D eigenvalue weighted by atomic mass is 19.1. The van der Waals surface area contributed by atoms with Crippen molar-refractivity contribution in [3.05, 3.63) is 41.8 Å². The summed E-state index contributed by atoms with van der Waals surface area (Å²) < 4.78 is 14.4. The topological polar surface area (TPSA) is 72.9 Å². The normalized spacial score (nSPS) is 10.3. The van der Waals surface area contributed by atoms with Gasteiger partial charge in [0.2, 0.25) is 5.91 Å². The standard InChI is InChI=1S/C12H13FN4O/c1-8-5-11(14)16-17(8)7-12(18)15-10-4-2-3-9(13)6-10/h2-6H,7H2,1H3,(H2,14,16)(H,15,18). The highest BCUT2D eigenvalue weighted by Crippen LogP contribution is 2.10. The Kier molecular flexibility index (Phi) is 3.27. The molecule has 18 heavy (non-hydrogen) atoms.